The van der Waals surface area contributed by atoms with Crippen molar-refractivity contribution in [3.63, 3.8) is 0 Å². The number of rotatable bonds is 8. The number of hydrogen-bond donors (Lipinski definition) is 0. The van der Waals surface area contributed by atoms with Crippen LogP contribution in [0.1, 0.15) is 41.5 Å². The van der Waals surface area contributed by atoms with Crippen molar-refractivity contribution in [2.75, 3.05) is 0 Å². The topological polar surface area (TPSA) is 26.3 Å². The molecule has 4 heteroatoms. The summed E-state index contributed by atoms with van der Waals surface area (Å²) in [7, 11) is -3.12. The number of furan rings is 2. The molecule has 2 nitrogen and oxygen atoms in total. The summed E-state index contributed by atoms with van der Waals surface area (Å²) in [4.78, 5) is 0. The Morgan fingerprint density at radius 3 is 1.13 bits per heavy atom. The van der Waals surface area contributed by atoms with E-state index in [1.807, 2.05) is 0 Å². The fraction of sp³-hybridized carbons (Fsp3) is 0.353. The Morgan fingerprint density at radius 1 is 0.421 bits per heavy atom. The van der Waals surface area contributed by atoms with Crippen molar-refractivity contribution in [3.05, 3.63) is 60.7 Å². The van der Waals surface area contributed by atoms with E-state index in [2.05, 4.69) is 102 Å². The van der Waals surface area contributed by atoms with E-state index in [1.165, 1.54) is 90.1 Å². The second-order valence-corrected chi connectivity index (χ2v) is 21.7. The minimum atomic E-state index is -1.56. The molecule has 4 aromatic carbocycles. The van der Waals surface area contributed by atoms with Crippen molar-refractivity contribution >= 4 is 81.2 Å². The van der Waals surface area contributed by atoms with Gasteiger partial charge in [0.2, 0.25) is 0 Å². The summed E-state index contributed by atoms with van der Waals surface area (Å²) in [5.74, 6) is 0. The van der Waals surface area contributed by atoms with Crippen molar-refractivity contribution < 1.29 is 8.83 Å². The fourth-order valence-corrected chi connectivity index (χ4v) is 13.7. The first-order valence-electron chi connectivity index (χ1n) is 14.7. The third-order valence-electron chi connectivity index (χ3n) is 10.2. The third kappa shape index (κ3) is 3.64. The lowest BCUT2D eigenvalue weighted by molar-refractivity contribution is 0.645. The molecule has 38 heavy (non-hydrogen) atoms. The van der Waals surface area contributed by atoms with Crippen LogP contribution in [0.4, 0.5) is 0 Å². The van der Waals surface area contributed by atoms with Gasteiger partial charge in [0.1, 0.15) is 27.3 Å². The van der Waals surface area contributed by atoms with Crippen LogP contribution in [0.2, 0.25) is 36.3 Å². The van der Waals surface area contributed by atoms with Gasteiger partial charge in [0, 0.05) is 10.8 Å². The average molecular weight is 537 g/mol. The van der Waals surface area contributed by atoms with Crippen molar-refractivity contribution in [1.29, 1.82) is 0 Å². The van der Waals surface area contributed by atoms with Crippen LogP contribution in [-0.2, 0) is 0 Å². The van der Waals surface area contributed by atoms with E-state index in [9.17, 15) is 0 Å². The molecule has 0 fully saturated rings. The summed E-state index contributed by atoms with van der Waals surface area (Å²) in [5.41, 5.74) is 2.06. The van der Waals surface area contributed by atoms with E-state index >= 15 is 0 Å². The molecule has 6 rings (SSSR count). The molecule has 0 spiro atoms. The van der Waals surface area contributed by atoms with Gasteiger partial charge in [0.05, 0.1) is 10.8 Å². The highest BCUT2D eigenvalue weighted by Gasteiger charge is 2.34. The Hall–Kier alpha value is -2.83. The van der Waals surface area contributed by atoms with Crippen LogP contribution in [0.5, 0.6) is 0 Å². The molecule has 0 aliphatic rings. The molecule has 0 radical (unpaired) electrons. The lowest BCUT2D eigenvalue weighted by Crippen LogP contribution is -2.44. The Kier molecular flexibility index (Phi) is 6.31. The largest absolute Gasteiger partial charge is 0.466 e. The van der Waals surface area contributed by atoms with Crippen LogP contribution < -0.4 is 10.8 Å². The van der Waals surface area contributed by atoms with Crippen molar-refractivity contribution in [3.8, 4) is 0 Å². The summed E-state index contributed by atoms with van der Waals surface area (Å²) in [6.45, 7) is 14.1. The molecule has 0 amide bonds. The first kappa shape index (κ1) is 25.5. The van der Waals surface area contributed by atoms with Gasteiger partial charge in [-0.15, -0.1) is 0 Å². The van der Waals surface area contributed by atoms with Crippen LogP contribution in [0.3, 0.4) is 0 Å². The molecule has 0 N–H and O–H groups in total. The highest BCUT2D eigenvalue weighted by molar-refractivity contribution is 6.91. The predicted octanol–water partition coefficient (Wildman–Crippen LogP) is 10.1. The van der Waals surface area contributed by atoms with Gasteiger partial charge >= 0.3 is 0 Å². The van der Waals surface area contributed by atoms with Gasteiger partial charge in [0.15, 0.2) is 0 Å². The van der Waals surface area contributed by atoms with Crippen molar-refractivity contribution in [2.24, 2.45) is 0 Å². The van der Waals surface area contributed by atoms with Gasteiger partial charge in [0.25, 0.3) is 0 Å². The van der Waals surface area contributed by atoms with Gasteiger partial charge in [-0.1, -0.05) is 102 Å². The molecule has 0 unspecified atom stereocenters. The van der Waals surface area contributed by atoms with Crippen LogP contribution >= 0.6 is 0 Å². The first-order chi connectivity index (χ1) is 18.4. The number of hydrogen-bond acceptors (Lipinski definition) is 2. The lowest BCUT2D eigenvalue weighted by atomic mass is 9.96. The van der Waals surface area contributed by atoms with E-state index in [1.54, 1.807) is 0 Å². The zero-order chi connectivity index (χ0) is 26.7. The molecular formula is C34H40O2Si2. The molecule has 2 aromatic heterocycles. The van der Waals surface area contributed by atoms with E-state index < -0.39 is 16.1 Å². The van der Waals surface area contributed by atoms with Gasteiger partial charge in [-0.25, -0.2) is 0 Å². The smallest absolute Gasteiger partial charge is 0.134 e. The summed E-state index contributed by atoms with van der Waals surface area (Å²) in [6.07, 6.45) is 0. The highest BCUT2D eigenvalue weighted by Crippen LogP contribution is 2.36. The monoisotopic (exact) mass is 536 g/mol. The molecule has 6 aromatic rings. The molecule has 0 saturated heterocycles. The Morgan fingerprint density at radius 2 is 0.789 bits per heavy atom. The van der Waals surface area contributed by atoms with E-state index in [4.69, 9.17) is 8.83 Å². The van der Waals surface area contributed by atoms with Gasteiger partial charge in [-0.3, -0.25) is 0 Å². The minimum Gasteiger partial charge on any atom is -0.466 e. The normalized spacial score (nSPS) is 13.1. The molecule has 0 atom stereocenters. The highest BCUT2D eigenvalue weighted by atomic mass is 28.3. The first-order valence-corrected chi connectivity index (χ1v) is 20.0. The second kappa shape index (κ2) is 9.42. The fourth-order valence-electron chi connectivity index (χ4n) is 7.01. The summed E-state index contributed by atoms with van der Waals surface area (Å²) < 4.78 is 13.1. The van der Waals surface area contributed by atoms with E-state index in [-0.39, 0.29) is 0 Å². The molecule has 196 valence electrons. The second-order valence-electron chi connectivity index (χ2n) is 11.4. The summed E-state index contributed by atoms with van der Waals surface area (Å²) in [6, 6.07) is 30.5. The summed E-state index contributed by atoms with van der Waals surface area (Å²) >= 11 is 0. The van der Waals surface area contributed by atoms with Crippen molar-refractivity contribution in [1.82, 2.24) is 0 Å². The maximum Gasteiger partial charge on any atom is 0.134 e. The number of fused-ring (bicyclic) bond motifs is 7. The zero-order valence-electron chi connectivity index (χ0n) is 23.8. The minimum absolute atomic E-state index is 1.03. The van der Waals surface area contributed by atoms with Gasteiger partial charge < -0.3 is 8.83 Å². The Labute approximate surface area is 228 Å². The molecule has 0 bridgehead atoms. The van der Waals surface area contributed by atoms with E-state index in [0.717, 1.165) is 11.2 Å². The molecule has 2 heterocycles. The maximum absolute atomic E-state index is 6.56. The molecule has 0 aliphatic carbocycles. The molecular weight excluding hydrogens is 497 g/mol. The summed E-state index contributed by atoms with van der Waals surface area (Å²) in [5, 5.41) is 12.8. The molecule has 0 aliphatic heterocycles. The van der Waals surface area contributed by atoms with Gasteiger partial charge in [-0.2, -0.15) is 0 Å². The number of benzene rings is 4. The average Bonchev–Trinajstić information content (AvgIpc) is 3.57. The Balaban J connectivity index is 1.56. The van der Waals surface area contributed by atoms with Crippen LogP contribution in [0, 0.1) is 0 Å². The quantitative estimate of drug-likeness (QED) is 0.143. The molecule has 0 saturated carbocycles. The zero-order valence-corrected chi connectivity index (χ0v) is 25.8. The van der Waals surface area contributed by atoms with Crippen LogP contribution in [0.25, 0.3) is 54.3 Å². The standard InChI is InChI=1S/C34H40O2Si2/c1-7-37(8-2,9-3)33-21-25-17-29-23(19-31(25)35-33)13-15-28-27(29)16-14-24-20-32-26(18-30(24)28)22-34(36-32)38(10-4,11-5)12-6/h13-22H,7-12H2,1-6H3. The predicted molar refractivity (Wildman–Crippen MR) is 172 cm³/mol. The van der Waals surface area contributed by atoms with Crippen LogP contribution in [-0.4, -0.2) is 16.1 Å². The van der Waals surface area contributed by atoms with Gasteiger partial charge in [-0.05, 0) is 68.7 Å². The lowest BCUT2D eigenvalue weighted by Gasteiger charge is -2.24. The SMILES string of the molecule is CC[Si](CC)(CC)c1cc2cc3c(ccc4c5cc6cc([Si](CC)(CC)CC)oc6cc5ccc34)cc2o1. The maximum atomic E-state index is 6.56. The van der Waals surface area contributed by atoms with Crippen molar-refractivity contribution in [2.45, 2.75) is 77.8 Å². The Bertz CT molecular complexity index is 1650. The van der Waals surface area contributed by atoms with Crippen LogP contribution in [0.15, 0.2) is 69.5 Å². The van der Waals surface area contributed by atoms with E-state index in [0.29, 0.717) is 0 Å². The third-order valence-corrected chi connectivity index (χ3v) is 20.9.